The van der Waals surface area contributed by atoms with Gasteiger partial charge in [0.05, 0.1) is 0 Å². The van der Waals surface area contributed by atoms with Crippen molar-refractivity contribution in [3.8, 4) is 0 Å². The highest BCUT2D eigenvalue weighted by molar-refractivity contribution is 5.79. The van der Waals surface area contributed by atoms with Gasteiger partial charge in [-0.05, 0) is 30.9 Å². The highest BCUT2D eigenvalue weighted by atomic mass is 16.4. The third-order valence-electron chi connectivity index (χ3n) is 5.70. The molecule has 6 nitrogen and oxygen atoms in total. The van der Waals surface area contributed by atoms with Crippen molar-refractivity contribution in [2.24, 2.45) is 11.8 Å². The Labute approximate surface area is 161 Å². The van der Waals surface area contributed by atoms with E-state index in [9.17, 15) is 4.79 Å². The van der Waals surface area contributed by atoms with Gasteiger partial charge in [-0.3, -0.25) is 9.69 Å². The summed E-state index contributed by atoms with van der Waals surface area (Å²) in [4.78, 5) is 24.2. The topological polar surface area (TPSA) is 52.8 Å². The highest BCUT2D eigenvalue weighted by Crippen LogP contribution is 2.27. The number of amides is 1. The zero-order valence-electron chi connectivity index (χ0n) is 16.4. The van der Waals surface area contributed by atoms with Crippen molar-refractivity contribution in [1.29, 1.82) is 0 Å². The lowest BCUT2D eigenvalue weighted by Crippen LogP contribution is -2.52. The molecule has 6 heteroatoms. The van der Waals surface area contributed by atoms with Gasteiger partial charge in [0.1, 0.15) is 5.52 Å². The molecule has 0 saturated carbocycles. The van der Waals surface area contributed by atoms with Crippen molar-refractivity contribution in [3.63, 3.8) is 0 Å². The number of carbonyl (C=O) groups excluding carboxylic acids is 1. The molecule has 0 N–H and O–H groups in total. The Balaban J connectivity index is 1.29. The number of oxazole rings is 1. The first-order valence-electron chi connectivity index (χ1n) is 10.2. The molecular formula is C21H30N4O2. The van der Waals surface area contributed by atoms with Gasteiger partial charge >= 0.3 is 0 Å². The molecule has 0 unspecified atom stereocenters. The fourth-order valence-electron chi connectivity index (χ4n) is 4.24. The summed E-state index contributed by atoms with van der Waals surface area (Å²) in [7, 11) is 0. The van der Waals surface area contributed by atoms with E-state index in [1.165, 1.54) is 0 Å². The molecule has 0 aliphatic carbocycles. The minimum atomic E-state index is 0.141. The summed E-state index contributed by atoms with van der Waals surface area (Å²) in [6.45, 7) is 11.0. The standard InChI is InChI=1S/C21H30N4O2/c1-16(2)15-23-11-13-24(14-12-23)20(26)17-7-9-25(10-8-17)21-22-18-5-3-4-6-19(18)27-21/h3-6,16-17H,7-15H2,1-2H3. The molecular weight excluding hydrogens is 340 g/mol. The predicted octanol–water partition coefficient (Wildman–Crippen LogP) is 2.84. The number of rotatable bonds is 4. The lowest BCUT2D eigenvalue weighted by Gasteiger charge is -2.38. The number of fused-ring (bicyclic) bond motifs is 1. The van der Waals surface area contributed by atoms with Crippen LogP contribution < -0.4 is 4.90 Å². The normalized spacial score (nSPS) is 20.0. The van der Waals surface area contributed by atoms with Crippen LogP contribution in [0, 0.1) is 11.8 Å². The van der Waals surface area contributed by atoms with E-state index in [4.69, 9.17) is 4.42 Å². The molecule has 2 saturated heterocycles. The summed E-state index contributed by atoms with van der Waals surface area (Å²) in [6, 6.07) is 8.53. The van der Waals surface area contributed by atoms with Crippen molar-refractivity contribution in [1.82, 2.24) is 14.8 Å². The van der Waals surface area contributed by atoms with E-state index < -0.39 is 0 Å². The Morgan fingerprint density at radius 1 is 1.11 bits per heavy atom. The third kappa shape index (κ3) is 4.10. The van der Waals surface area contributed by atoms with Crippen LogP contribution in [-0.4, -0.2) is 66.5 Å². The number of aromatic nitrogens is 1. The number of piperazine rings is 1. The monoisotopic (exact) mass is 370 g/mol. The van der Waals surface area contributed by atoms with Crippen LogP contribution in [0.4, 0.5) is 6.01 Å². The maximum Gasteiger partial charge on any atom is 0.298 e. The lowest BCUT2D eigenvalue weighted by atomic mass is 9.95. The molecule has 4 rings (SSSR count). The predicted molar refractivity (Wildman–Crippen MR) is 107 cm³/mol. The van der Waals surface area contributed by atoms with E-state index in [-0.39, 0.29) is 5.92 Å². The number of piperidine rings is 1. The average Bonchev–Trinajstić information content (AvgIpc) is 3.12. The second-order valence-electron chi connectivity index (χ2n) is 8.25. The molecule has 0 spiro atoms. The van der Waals surface area contributed by atoms with Crippen LogP contribution >= 0.6 is 0 Å². The highest BCUT2D eigenvalue weighted by Gasteiger charge is 2.31. The van der Waals surface area contributed by atoms with Gasteiger partial charge in [0.25, 0.3) is 6.01 Å². The molecule has 0 radical (unpaired) electrons. The Bertz CT molecular complexity index is 738. The molecule has 1 amide bonds. The van der Waals surface area contributed by atoms with E-state index in [0.717, 1.165) is 69.8 Å². The van der Waals surface area contributed by atoms with Gasteiger partial charge in [-0.2, -0.15) is 4.98 Å². The Kier molecular flexibility index (Phi) is 5.34. The second-order valence-corrected chi connectivity index (χ2v) is 8.25. The van der Waals surface area contributed by atoms with Crippen molar-refractivity contribution in [3.05, 3.63) is 24.3 Å². The second kappa shape index (κ2) is 7.89. The van der Waals surface area contributed by atoms with Crippen LogP contribution in [0.5, 0.6) is 0 Å². The molecule has 146 valence electrons. The zero-order chi connectivity index (χ0) is 18.8. The molecule has 0 atom stereocenters. The van der Waals surface area contributed by atoms with Gasteiger partial charge in [-0.15, -0.1) is 0 Å². The van der Waals surface area contributed by atoms with Crippen LogP contribution in [0.2, 0.25) is 0 Å². The number of nitrogens with zero attached hydrogens (tertiary/aromatic N) is 4. The van der Waals surface area contributed by atoms with Gasteiger partial charge < -0.3 is 14.2 Å². The van der Waals surface area contributed by atoms with Gasteiger partial charge in [0.2, 0.25) is 5.91 Å². The molecule has 0 bridgehead atoms. The van der Waals surface area contributed by atoms with Crippen molar-refractivity contribution >= 4 is 23.0 Å². The minimum Gasteiger partial charge on any atom is -0.423 e. The van der Waals surface area contributed by atoms with E-state index in [2.05, 4.69) is 33.5 Å². The fraction of sp³-hybridized carbons (Fsp3) is 0.619. The largest absolute Gasteiger partial charge is 0.423 e. The summed E-state index contributed by atoms with van der Waals surface area (Å²) in [6.07, 6.45) is 1.76. The maximum atomic E-state index is 12.9. The van der Waals surface area contributed by atoms with Gasteiger partial charge in [-0.25, -0.2) is 0 Å². The quantitative estimate of drug-likeness (QED) is 0.828. The molecule has 1 aromatic heterocycles. The van der Waals surface area contributed by atoms with E-state index in [1.807, 2.05) is 24.3 Å². The van der Waals surface area contributed by atoms with E-state index in [0.29, 0.717) is 17.8 Å². The first-order valence-corrected chi connectivity index (χ1v) is 10.2. The Morgan fingerprint density at radius 3 is 2.48 bits per heavy atom. The first kappa shape index (κ1) is 18.3. The van der Waals surface area contributed by atoms with E-state index in [1.54, 1.807) is 0 Å². The van der Waals surface area contributed by atoms with Crippen LogP contribution in [0.1, 0.15) is 26.7 Å². The summed E-state index contributed by atoms with van der Waals surface area (Å²) in [5, 5.41) is 0. The van der Waals surface area contributed by atoms with E-state index >= 15 is 0 Å². The fourth-order valence-corrected chi connectivity index (χ4v) is 4.24. The SMILES string of the molecule is CC(C)CN1CCN(C(=O)C2CCN(c3nc4ccccc4o3)CC2)CC1. The molecule has 2 aliphatic heterocycles. The van der Waals surface area contributed by atoms with Crippen molar-refractivity contribution in [2.45, 2.75) is 26.7 Å². The van der Waals surface area contributed by atoms with Crippen LogP contribution in [0.15, 0.2) is 28.7 Å². The van der Waals surface area contributed by atoms with Crippen LogP contribution in [0.3, 0.4) is 0 Å². The van der Waals surface area contributed by atoms with Gasteiger partial charge in [-0.1, -0.05) is 26.0 Å². The molecule has 3 heterocycles. The Hall–Kier alpha value is -2.08. The molecule has 2 aromatic rings. The molecule has 27 heavy (non-hydrogen) atoms. The molecule has 2 aliphatic rings. The minimum absolute atomic E-state index is 0.141. The zero-order valence-corrected chi connectivity index (χ0v) is 16.4. The summed E-state index contributed by atoms with van der Waals surface area (Å²) < 4.78 is 5.88. The van der Waals surface area contributed by atoms with Crippen LogP contribution in [0.25, 0.3) is 11.1 Å². The number of benzene rings is 1. The smallest absolute Gasteiger partial charge is 0.298 e. The number of hydrogen-bond acceptors (Lipinski definition) is 5. The van der Waals surface area contributed by atoms with Crippen molar-refractivity contribution < 1.29 is 9.21 Å². The molecule has 2 fully saturated rings. The summed E-state index contributed by atoms with van der Waals surface area (Å²) in [5.41, 5.74) is 1.72. The Morgan fingerprint density at radius 2 is 1.81 bits per heavy atom. The van der Waals surface area contributed by atoms with Crippen molar-refractivity contribution in [2.75, 3.05) is 50.7 Å². The average molecular weight is 370 g/mol. The number of hydrogen-bond donors (Lipinski definition) is 0. The lowest BCUT2D eigenvalue weighted by molar-refractivity contribution is -0.138. The first-order chi connectivity index (χ1) is 13.1. The summed E-state index contributed by atoms with van der Waals surface area (Å²) in [5.74, 6) is 1.17. The third-order valence-corrected chi connectivity index (χ3v) is 5.70. The van der Waals surface area contributed by atoms with Gasteiger partial charge in [0, 0.05) is 51.7 Å². The maximum absolute atomic E-state index is 12.9. The summed E-state index contributed by atoms with van der Waals surface area (Å²) >= 11 is 0. The number of anilines is 1. The van der Waals surface area contributed by atoms with Gasteiger partial charge in [0.15, 0.2) is 5.58 Å². The molecule has 1 aromatic carbocycles. The van der Waals surface area contributed by atoms with Crippen LogP contribution in [-0.2, 0) is 4.79 Å². The number of carbonyl (C=O) groups is 1. The number of para-hydroxylation sites is 2.